The van der Waals surface area contributed by atoms with E-state index in [1.54, 1.807) is 0 Å². The monoisotopic (exact) mass is 373 g/mol. The maximum atomic E-state index is 4.71. The molecule has 28 heavy (non-hydrogen) atoms. The minimum Gasteiger partial charge on any atom is -0.298 e. The van der Waals surface area contributed by atoms with Gasteiger partial charge in [-0.1, -0.05) is 60.7 Å². The van der Waals surface area contributed by atoms with E-state index in [0.29, 0.717) is 5.92 Å². The number of likely N-dealkylation sites (tertiary alicyclic amines) is 2. The van der Waals surface area contributed by atoms with Crippen LogP contribution in [0.4, 0.5) is 0 Å². The largest absolute Gasteiger partial charge is 0.298 e. The molecule has 0 aliphatic carbocycles. The van der Waals surface area contributed by atoms with Gasteiger partial charge in [0.1, 0.15) is 5.82 Å². The molecule has 2 aliphatic rings. The molecule has 0 amide bonds. The van der Waals surface area contributed by atoms with Gasteiger partial charge in [0.15, 0.2) is 5.82 Å². The first-order valence-electron chi connectivity index (χ1n) is 10.1. The van der Waals surface area contributed by atoms with Crippen molar-refractivity contribution in [2.75, 3.05) is 26.2 Å². The number of aromatic amines is 1. The summed E-state index contributed by atoms with van der Waals surface area (Å²) in [5, 5.41) is 7.60. The zero-order chi connectivity index (χ0) is 19.0. The van der Waals surface area contributed by atoms with Crippen LogP contribution in [0.5, 0.6) is 0 Å². The van der Waals surface area contributed by atoms with Crippen LogP contribution in [0, 0.1) is 12.3 Å². The van der Waals surface area contributed by atoms with Crippen LogP contribution in [-0.2, 0) is 13.1 Å². The van der Waals surface area contributed by atoms with E-state index < -0.39 is 0 Å². The maximum absolute atomic E-state index is 4.71. The minimum absolute atomic E-state index is 0.262. The molecule has 5 rings (SSSR count). The average molecular weight is 374 g/mol. The molecule has 2 aromatic carbocycles. The van der Waals surface area contributed by atoms with Gasteiger partial charge in [-0.2, -0.15) is 5.10 Å². The van der Waals surface area contributed by atoms with Crippen molar-refractivity contribution in [1.82, 2.24) is 25.0 Å². The van der Waals surface area contributed by atoms with Crippen LogP contribution in [0.2, 0.25) is 0 Å². The molecule has 144 valence electrons. The number of aryl methyl sites for hydroxylation is 1. The van der Waals surface area contributed by atoms with E-state index in [-0.39, 0.29) is 5.41 Å². The highest BCUT2D eigenvalue weighted by Crippen LogP contribution is 2.49. The highest BCUT2D eigenvalue weighted by molar-refractivity contribution is 5.21. The molecule has 0 radical (unpaired) electrons. The third-order valence-corrected chi connectivity index (χ3v) is 6.22. The summed E-state index contributed by atoms with van der Waals surface area (Å²) < 4.78 is 0. The Kier molecular flexibility index (Phi) is 4.49. The summed E-state index contributed by atoms with van der Waals surface area (Å²) in [5.74, 6) is 2.30. The molecule has 0 bridgehead atoms. The first kappa shape index (κ1) is 17.6. The highest BCUT2D eigenvalue weighted by atomic mass is 15.3. The van der Waals surface area contributed by atoms with E-state index in [9.17, 15) is 0 Å². The molecule has 2 saturated heterocycles. The van der Waals surface area contributed by atoms with Crippen molar-refractivity contribution in [2.24, 2.45) is 5.41 Å². The van der Waals surface area contributed by atoms with Gasteiger partial charge in [0.2, 0.25) is 0 Å². The van der Waals surface area contributed by atoms with Crippen LogP contribution in [0.15, 0.2) is 60.7 Å². The van der Waals surface area contributed by atoms with E-state index in [0.717, 1.165) is 50.9 Å². The number of nitrogens with zero attached hydrogens (tertiary/aromatic N) is 4. The van der Waals surface area contributed by atoms with Gasteiger partial charge in [-0.05, 0) is 18.1 Å². The van der Waals surface area contributed by atoms with Gasteiger partial charge in [0.05, 0.1) is 0 Å². The van der Waals surface area contributed by atoms with E-state index in [4.69, 9.17) is 4.98 Å². The number of hydrogen-bond acceptors (Lipinski definition) is 4. The predicted molar refractivity (Wildman–Crippen MR) is 110 cm³/mol. The Balaban J connectivity index is 1.33. The van der Waals surface area contributed by atoms with Gasteiger partial charge in [0, 0.05) is 50.6 Å². The molecule has 1 unspecified atom stereocenters. The zero-order valence-electron chi connectivity index (χ0n) is 16.4. The first-order chi connectivity index (χ1) is 13.7. The van der Waals surface area contributed by atoms with Gasteiger partial charge in [-0.25, -0.2) is 4.98 Å². The van der Waals surface area contributed by atoms with E-state index in [1.165, 1.54) is 11.1 Å². The van der Waals surface area contributed by atoms with Gasteiger partial charge >= 0.3 is 0 Å². The number of nitrogens with one attached hydrogen (secondary N) is 1. The lowest BCUT2D eigenvalue weighted by Crippen LogP contribution is -2.59. The second-order valence-electron chi connectivity index (χ2n) is 8.48. The van der Waals surface area contributed by atoms with Gasteiger partial charge in [-0.15, -0.1) is 0 Å². The molecule has 3 heterocycles. The summed E-state index contributed by atoms with van der Waals surface area (Å²) in [6.07, 6.45) is 0. The molecule has 1 N–H and O–H groups in total. The molecule has 3 aromatic rings. The normalized spacial score (nSPS) is 21.8. The number of rotatable bonds is 5. The van der Waals surface area contributed by atoms with Gasteiger partial charge < -0.3 is 0 Å². The number of benzene rings is 2. The summed E-state index contributed by atoms with van der Waals surface area (Å²) >= 11 is 0. The Morgan fingerprint density at radius 2 is 1.46 bits per heavy atom. The first-order valence-corrected chi connectivity index (χ1v) is 10.1. The molecule has 2 aliphatic heterocycles. The van der Waals surface area contributed by atoms with Crippen molar-refractivity contribution < 1.29 is 0 Å². The third kappa shape index (κ3) is 3.36. The van der Waals surface area contributed by atoms with Gasteiger partial charge in [0.25, 0.3) is 0 Å². The van der Waals surface area contributed by atoms with Crippen LogP contribution in [0.3, 0.4) is 0 Å². The zero-order valence-corrected chi connectivity index (χ0v) is 16.4. The van der Waals surface area contributed by atoms with Crippen molar-refractivity contribution >= 4 is 0 Å². The van der Waals surface area contributed by atoms with Crippen LogP contribution < -0.4 is 0 Å². The average Bonchev–Trinajstić information content (AvgIpc) is 3.27. The molecule has 1 spiro atoms. The molecular formula is C23H27N5. The standard InChI is InChI=1S/C23H27N5/c1-18-24-22(26-25-18)21-14-27(12-19-8-4-2-5-9-19)15-23(21)16-28(17-23)13-20-10-6-3-7-11-20/h2-11,21H,12-17H2,1H3,(H,24,25,26). The summed E-state index contributed by atoms with van der Waals surface area (Å²) in [4.78, 5) is 9.86. The second-order valence-corrected chi connectivity index (χ2v) is 8.48. The molecule has 1 aromatic heterocycles. The summed E-state index contributed by atoms with van der Waals surface area (Å²) in [6.45, 7) is 8.40. The smallest absolute Gasteiger partial charge is 0.155 e. The number of H-pyrrole nitrogens is 1. The highest BCUT2D eigenvalue weighted by Gasteiger charge is 2.55. The van der Waals surface area contributed by atoms with Crippen LogP contribution in [0.25, 0.3) is 0 Å². The third-order valence-electron chi connectivity index (χ3n) is 6.22. The molecule has 5 heteroatoms. The minimum atomic E-state index is 0.262. The molecule has 0 saturated carbocycles. The van der Waals surface area contributed by atoms with Crippen LogP contribution in [-0.4, -0.2) is 51.2 Å². The maximum Gasteiger partial charge on any atom is 0.155 e. The van der Waals surface area contributed by atoms with Crippen molar-refractivity contribution in [1.29, 1.82) is 0 Å². The Morgan fingerprint density at radius 1 is 0.893 bits per heavy atom. The Bertz CT molecular complexity index is 914. The SMILES string of the molecule is Cc1nc(C2CN(Cc3ccccc3)CC23CN(Cc2ccccc2)C3)n[nH]1. The summed E-state index contributed by atoms with van der Waals surface area (Å²) in [6, 6.07) is 21.6. The lowest BCUT2D eigenvalue weighted by Gasteiger charge is -2.50. The number of hydrogen-bond donors (Lipinski definition) is 1. The lowest BCUT2D eigenvalue weighted by atomic mass is 9.71. The molecular weight excluding hydrogens is 346 g/mol. The number of aromatic nitrogens is 3. The summed E-state index contributed by atoms with van der Waals surface area (Å²) in [7, 11) is 0. The van der Waals surface area contributed by atoms with E-state index >= 15 is 0 Å². The fourth-order valence-electron chi connectivity index (χ4n) is 5.02. The quantitative estimate of drug-likeness (QED) is 0.746. The van der Waals surface area contributed by atoms with Crippen molar-refractivity contribution in [3.05, 3.63) is 83.4 Å². The Hall–Kier alpha value is -2.50. The lowest BCUT2D eigenvalue weighted by molar-refractivity contribution is -0.0110. The Labute approximate surface area is 166 Å². The summed E-state index contributed by atoms with van der Waals surface area (Å²) in [5.41, 5.74) is 3.03. The van der Waals surface area contributed by atoms with E-state index in [2.05, 4.69) is 80.7 Å². The molecule has 2 fully saturated rings. The fraction of sp³-hybridized carbons (Fsp3) is 0.391. The molecule has 5 nitrogen and oxygen atoms in total. The van der Waals surface area contributed by atoms with Crippen molar-refractivity contribution in [3.63, 3.8) is 0 Å². The second kappa shape index (κ2) is 7.15. The van der Waals surface area contributed by atoms with Gasteiger partial charge in [-0.3, -0.25) is 14.9 Å². The Morgan fingerprint density at radius 3 is 2.04 bits per heavy atom. The van der Waals surface area contributed by atoms with Crippen LogP contribution >= 0.6 is 0 Å². The van der Waals surface area contributed by atoms with Crippen LogP contribution in [0.1, 0.15) is 28.7 Å². The molecule has 1 atom stereocenters. The fourth-order valence-corrected chi connectivity index (χ4v) is 5.02. The van der Waals surface area contributed by atoms with Crippen molar-refractivity contribution in [2.45, 2.75) is 25.9 Å². The van der Waals surface area contributed by atoms with E-state index in [1.807, 2.05) is 6.92 Å². The van der Waals surface area contributed by atoms with Crippen molar-refractivity contribution in [3.8, 4) is 0 Å². The predicted octanol–water partition coefficient (Wildman–Crippen LogP) is 3.21. The topological polar surface area (TPSA) is 48.1 Å².